The molecule has 0 aliphatic carbocycles. The van der Waals surface area contributed by atoms with E-state index in [1.807, 2.05) is 18.2 Å². The normalized spacial score (nSPS) is 12.4. The second-order valence-electron chi connectivity index (χ2n) is 6.25. The zero-order chi connectivity index (χ0) is 19.8. The first kappa shape index (κ1) is 17.4. The van der Waals surface area contributed by atoms with Crippen molar-refractivity contribution in [1.29, 1.82) is 0 Å². The number of hydrogen-bond donors (Lipinski definition) is 1. The van der Waals surface area contributed by atoms with Crippen LogP contribution in [0.4, 0.5) is 10.8 Å². The van der Waals surface area contributed by atoms with E-state index in [4.69, 9.17) is 9.47 Å². The summed E-state index contributed by atoms with van der Waals surface area (Å²) in [7, 11) is 0. The van der Waals surface area contributed by atoms with Crippen molar-refractivity contribution in [2.24, 2.45) is 0 Å². The highest BCUT2D eigenvalue weighted by atomic mass is 32.1. The van der Waals surface area contributed by atoms with Gasteiger partial charge in [0.1, 0.15) is 10.6 Å². The number of hydrogen-bond acceptors (Lipinski definition) is 9. The number of nitrogens with one attached hydrogen (secondary N) is 1. The molecule has 3 aromatic heterocycles. The van der Waals surface area contributed by atoms with Gasteiger partial charge in [-0.15, -0.1) is 0 Å². The summed E-state index contributed by atoms with van der Waals surface area (Å²) >= 11 is 1.01. The topological polar surface area (TPSA) is 117 Å². The van der Waals surface area contributed by atoms with Crippen molar-refractivity contribution in [2.45, 2.75) is 6.42 Å². The largest absolute Gasteiger partial charge is 0.454 e. The molecule has 0 spiro atoms. The van der Waals surface area contributed by atoms with Gasteiger partial charge in [0.25, 0.3) is 5.95 Å². The van der Waals surface area contributed by atoms with Crippen LogP contribution >= 0.6 is 11.3 Å². The first-order valence-electron chi connectivity index (χ1n) is 8.76. The Bertz CT molecular complexity index is 1210. The van der Waals surface area contributed by atoms with Gasteiger partial charge in [0, 0.05) is 25.0 Å². The fourth-order valence-electron chi connectivity index (χ4n) is 3.03. The van der Waals surface area contributed by atoms with Crippen LogP contribution in [0.15, 0.2) is 42.7 Å². The molecule has 10 nitrogen and oxygen atoms in total. The Morgan fingerprint density at radius 2 is 2.14 bits per heavy atom. The second-order valence-corrected chi connectivity index (χ2v) is 7.26. The van der Waals surface area contributed by atoms with Gasteiger partial charge in [0.05, 0.1) is 10.3 Å². The maximum absolute atomic E-state index is 11.2. The van der Waals surface area contributed by atoms with Gasteiger partial charge < -0.3 is 14.8 Å². The number of anilines is 1. The van der Waals surface area contributed by atoms with E-state index in [1.165, 1.54) is 10.7 Å². The Balaban J connectivity index is 1.42. The Kier molecular flexibility index (Phi) is 4.21. The van der Waals surface area contributed by atoms with Crippen LogP contribution < -0.4 is 14.8 Å². The summed E-state index contributed by atoms with van der Waals surface area (Å²) in [6.45, 7) is 0.817. The fourth-order valence-corrected chi connectivity index (χ4v) is 3.88. The summed E-state index contributed by atoms with van der Waals surface area (Å²) in [6, 6.07) is 9.07. The third-order valence-electron chi connectivity index (χ3n) is 4.40. The zero-order valence-corrected chi connectivity index (χ0v) is 15.8. The molecule has 146 valence electrons. The highest BCUT2D eigenvalue weighted by molar-refractivity contribution is 7.21. The predicted molar refractivity (Wildman–Crippen MR) is 106 cm³/mol. The molecule has 4 heterocycles. The van der Waals surface area contributed by atoms with Gasteiger partial charge in [-0.3, -0.25) is 10.1 Å². The van der Waals surface area contributed by atoms with Crippen LogP contribution in [0.2, 0.25) is 0 Å². The van der Waals surface area contributed by atoms with Crippen LogP contribution in [0.1, 0.15) is 5.56 Å². The van der Waals surface area contributed by atoms with Crippen LogP contribution in [0.5, 0.6) is 11.5 Å². The molecular formula is C18H14N6O4S. The number of aromatic nitrogens is 4. The van der Waals surface area contributed by atoms with Crippen molar-refractivity contribution in [3.05, 3.63) is 58.4 Å². The molecule has 0 radical (unpaired) electrons. The Labute approximate surface area is 167 Å². The summed E-state index contributed by atoms with van der Waals surface area (Å²) in [5.41, 5.74) is 1.08. The van der Waals surface area contributed by atoms with Crippen LogP contribution in [0.25, 0.3) is 16.2 Å². The molecule has 0 unspecified atom stereocenters. The molecule has 0 saturated carbocycles. The maximum Gasteiger partial charge on any atom is 0.326 e. The van der Waals surface area contributed by atoms with Gasteiger partial charge in [-0.1, -0.05) is 6.07 Å². The van der Waals surface area contributed by atoms with Crippen molar-refractivity contribution < 1.29 is 14.4 Å². The molecule has 5 rings (SSSR count). The first-order chi connectivity index (χ1) is 14.2. The average Bonchev–Trinajstić information content (AvgIpc) is 3.46. The van der Waals surface area contributed by atoms with Gasteiger partial charge in [-0.25, -0.2) is 4.68 Å². The molecule has 4 aromatic rings. The van der Waals surface area contributed by atoms with Crippen molar-refractivity contribution in [1.82, 2.24) is 19.7 Å². The lowest BCUT2D eigenvalue weighted by molar-refractivity contribution is -0.380. The standard InChI is InChI=1S/C18H14N6O4S/c25-24(26)15-9-12-16(21-18(22-17(12)29-15)23-7-1-5-20-23)19-6-4-11-2-3-13-14(8-11)28-10-27-13/h1-3,5,7-9H,4,6,10H2,(H,19,21,22). The summed E-state index contributed by atoms with van der Waals surface area (Å²) in [5, 5.41) is 19.3. The maximum atomic E-state index is 11.2. The minimum absolute atomic E-state index is 0.0192. The van der Waals surface area contributed by atoms with E-state index in [2.05, 4.69) is 20.4 Å². The van der Waals surface area contributed by atoms with Crippen molar-refractivity contribution in [2.75, 3.05) is 18.7 Å². The molecule has 29 heavy (non-hydrogen) atoms. The number of nitrogens with zero attached hydrogens (tertiary/aromatic N) is 5. The van der Waals surface area contributed by atoms with Gasteiger partial charge in [0.15, 0.2) is 11.5 Å². The van der Waals surface area contributed by atoms with Gasteiger partial charge in [-0.05, 0) is 41.5 Å². The van der Waals surface area contributed by atoms with Gasteiger partial charge >= 0.3 is 5.00 Å². The van der Waals surface area contributed by atoms with Crippen molar-refractivity contribution in [3.63, 3.8) is 0 Å². The number of rotatable bonds is 6. The van der Waals surface area contributed by atoms with Crippen molar-refractivity contribution in [3.8, 4) is 17.4 Å². The number of ether oxygens (including phenoxy) is 2. The lowest BCUT2D eigenvalue weighted by Gasteiger charge is -2.09. The van der Waals surface area contributed by atoms with E-state index >= 15 is 0 Å². The van der Waals surface area contributed by atoms with Crippen molar-refractivity contribution >= 4 is 32.4 Å². The number of fused-ring (bicyclic) bond motifs is 2. The highest BCUT2D eigenvalue weighted by Crippen LogP contribution is 2.35. The first-order valence-corrected chi connectivity index (χ1v) is 9.57. The Hall–Kier alpha value is -3.73. The monoisotopic (exact) mass is 410 g/mol. The van der Waals surface area contributed by atoms with E-state index in [9.17, 15) is 10.1 Å². The fraction of sp³-hybridized carbons (Fsp3) is 0.167. The highest BCUT2D eigenvalue weighted by Gasteiger charge is 2.18. The Morgan fingerprint density at radius 1 is 1.24 bits per heavy atom. The average molecular weight is 410 g/mol. The summed E-state index contributed by atoms with van der Waals surface area (Å²) in [4.78, 5) is 20.2. The van der Waals surface area contributed by atoms with E-state index in [0.717, 1.165) is 28.4 Å². The third-order valence-corrected chi connectivity index (χ3v) is 5.38. The van der Waals surface area contributed by atoms with Gasteiger partial charge in [0.2, 0.25) is 6.79 Å². The molecule has 1 aliphatic rings. The lowest BCUT2D eigenvalue weighted by Crippen LogP contribution is -2.09. The van der Waals surface area contributed by atoms with E-state index < -0.39 is 4.92 Å². The molecule has 1 aromatic carbocycles. The minimum Gasteiger partial charge on any atom is -0.454 e. The predicted octanol–water partition coefficient (Wildman–Crippen LogP) is 3.17. The molecule has 1 N–H and O–H groups in total. The van der Waals surface area contributed by atoms with Crippen LogP contribution in [-0.4, -0.2) is 38.0 Å². The zero-order valence-electron chi connectivity index (χ0n) is 14.9. The van der Waals surface area contributed by atoms with E-state index in [-0.39, 0.29) is 11.8 Å². The minimum atomic E-state index is -0.420. The summed E-state index contributed by atoms with van der Waals surface area (Å²) < 4.78 is 12.3. The van der Waals surface area contributed by atoms with E-state index in [0.29, 0.717) is 34.9 Å². The molecule has 0 amide bonds. The number of nitro groups is 1. The van der Waals surface area contributed by atoms with Crippen LogP contribution in [0.3, 0.4) is 0 Å². The second kappa shape index (κ2) is 7.02. The Morgan fingerprint density at radius 3 is 2.97 bits per heavy atom. The molecule has 1 aliphatic heterocycles. The van der Waals surface area contributed by atoms with Gasteiger partial charge in [-0.2, -0.15) is 15.1 Å². The number of benzene rings is 1. The third kappa shape index (κ3) is 3.31. The summed E-state index contributed by atoms with van der Waals surface area (Å²) in [5.74, 6) is 2.37. The molecule has 0 bridgehead atoms. The quantitative estimate of drug-likeness (QED) is 0.380. The molecule has 0 saturated heterocycles. The summed E-state index contributed by atoms with van der Waals surface area (Å²) in [6.07, 6.45) is 4.06. The number of thiophene rings is 1. The smallest absolute Gasteiger partial charge is 0.326 e. The van der Waals surface area contributed by atoms with Crippen LogP contribution in [0, 0.1) is 10.1 Å². The van der Waals surface area contributed by atoms with Crippen LogP contribution in [-0.2, 0) is 6.42 Å². The molecule has 11 heteroatoms. The molecule has 0 fully saturated rings. The molecular weight excluding hydrogens is 396 g/mol. The molecule has 0 atom stereocenters. The lowest BCUT2D eigenvalue weighted by atomic mass is 10.1. The van der Waals surface area contributed by atoms with E-state index in [1.54, 1.807) is 18.5 Å². The SMILES string of the molecule is O=[N+]([O-])c1cc2c(NCCc3ccc4c(c3)OCO4)nc(-n3cccn3)nc2s1.